The van der Waals surface area contributed by atoms with Crippen molar-refractivity contribution in [1.29, 1.82) is 0 Å². The molecule has 1 aromatic carbocycles. The van der Waals surface area contributed by atoms with Crippen LogP contribution in [0.5, 0.6) is 0 Å². The number of benzene rings is 1. The Morgan fingerprint density at radius 2 is 2.06 bits per heavy atom. The van der Waals surface area contributed by atoms with Crippen LogP contribution < -0.4 is 10.5 Å². The van der Waals surface area contributed by atoms with Crippen LogP contribution in [0.2, 0.25) is 0 Å². The van der Waals surface area contributed by atoms with E-state index in [1.807, 2.05) is 0 Å². The van der Waals surface area contributed by atoms with Gasteiger partial charge in [-0.3, -0.25) is 0 Å². The first-order valence-corrected chi connectivity index (χ1v) is 6.66. The minimum Gasteiger partial charge on any atom is -0.393 e. The molecule has 88 valence electrons. The number of aryl methyl sites for hydroxylation is 1. The molecule has 0 aliphatic rings. The van der Waals surface area contributed by atoms with Crippen LogP contribution in [-0.4, -0.2) is 20.0 Å². The van der Waals surface area contributed by atoms with Crippen LogP contribution in [0.3, 0.4) is 0 Å². The molecule has 0 aromatic heterocycles. The van der Waals surface area contributed by atoms with Gasteiger partial charge < -0.3 is 5.73 Å². The van der Waals surface area contributed by atoms with Crippen LogP contribution in [0.15, 0.2) is 29.2 Å². The molecule has 0 radical (unpaired) electrons. The molecule has 1 rings (SSSR count). The molecule has 0 saturated carbocycles. The van der Waals surface area contributed by atoms with E-state index in [1.165, 1.54) is 0 Å². The fraction of sp³-hybridized carbons (Fsp3) is 0.300. The molecule has 0 saturated heterocycles. The molecule has 6 heteroatoms. The quantitative estimate of drug-likeness (QED) is 0.771. The molecule has 0 fully saturated rings. The van der Waals surface area contributed by atoms with Crippen LogP contribution in [-0.2, 0) is 10.0 Å². The first kappa shape index (κ1) is 13.1. The van der Waals surface area contributed by atoms with Gasteiger partial charge in [-0.25, -0.2) is 13.1 Å². The summed E-state index contributed by atoms with van der Waals surface area (Å²) in [5.41, 5.74) is 6.00. The van der Waals surface area contributed by atoms with Gasteiger partial charge in [-0.2, -0.15) is 0 Å². The number of hydrogen-bond acceptors (Lipinski definition) is 3. The van der Waals surface area contributed by atoms with Gasteiger partial charge in [-0.05, 0) is 18.6 Å². The summed E-state index contributed by atoms with van der Waals surface area (Å²) in [5, 5.41) is 0. The second-order valence-corrected chi connectivity index (χ2v) is 5.64. The Kier molecular flexibility index (Phi) is 4.40. The molecule has 0 unspecified atom stereocenters. The second-order valence-electron chi connectivity index (χ2n) is 3.38. The van der Waals surface area contributed by atoms with E-state index >= 15 is 0 Å². The van der Waals surface area contributed by atoms with Crippen molar-refractivity contribution in [2.24, 2.45) is 5.73 Å². The monoisotopic (exact) mass is 258 g/mol. The third-order valence-corrected chi connectivity index (χ3v) is 3.87. The van der Waals surface area contributed by atoms with Crippen molar-refractivity contribution in [2.45, 2.75) is 18.2 Å². The van der Waals surface area contributed by atoms with E-state index in [9.17, 15) is 8.42 Å². The zero-order valence-electron chi connectivity index (χ0n) is 8.93. The molecule has 0 bridgehead atoms. The highest BCUT2D eigenvalue weighted by Gasteiger charge is 2.15. The number of thiocarbonyl (C=S) groups is 1. The van der Waals surface area contributed by atoms with Crippen LogP contribution >= 0.6 is 12.2 Å². The highest BCUT2D eigenvalue weighted by atomic mass is 32.2. The Morgan fingerprint density at radius 3 is 2.62 bits per heavy atom. The maximum atomic E-state index is 11.8. The predicted molar refractivity (Wildman–Crippen MR) is 67.8 cm³/mol. The van der Waals surface area contributed by atoms with Crippen LogP contribution in [0.25, 0.3) is 0 Å². The first-order valence-electron chi connectivity index (χ1n) is 4.77. The van der Waals surface area contributed by atoms with E-state index < -0.39 is 10.0 Å². The minimum absolute atomic E-state index is 0.228. The summed E-state index contributed by atoms with van der Waals surface area (Å²) in [6.45, 7) is 1.98. The average molecular weight is 258 g/mol. The molecule has 0 atom stereocenters. The van der Waals surface area contributed by atoms with Gasteiger partial charge in [-0.15, -0.1) is 0 Å². The van der Waals surface area contributed by atoms with E-state index in [-0.39, 0.29) is 11.4 Å². The number of nitrogens with one attached hydrogen (secondary N) is 1. The van der Waals surface area contributed by atoms with E-state index in [0.717, 1.165) is 0 Å². The molecule has 3 N–H and O–H groups in total. The molecular weight excluding hydrogens is 244 g/mol. The smallest absolute Gasteiger partial charge is 0.240 e. The van der Waals surface area contributed by atoms with Crippen LogP contribution in [0.1, 0.15) is 12.0 Å². The largest absolute Gasteiger partial charge is 0.393 e. The summed E-state index contributed by atoms with van der Waals surface area (Å²) >= 11 is 4.67. The lowest BCUT2D eigenvalue weighted by atomic mass is 10.2. The zero-order chi connectivity index (χ0) is 12.2. The summed E-state index contributed by atoms with van der Waals surface area (Å²) in [6, 6.07) is 6.80. The highest BCUT2D eigenvalue weighted by Crippen LogP contribution is 2.13. The average Bonchev–Trinajstić information content (AvgIpc) is 2.17. The molecule has 0 heterocycles. The Bertz CT molecular complexity index is 483. The van der Waals surface area contributed by atoms with Crippen LogP contribution in [0, 0.1) is 6.92 Å². The molecule has 0 aliphatic heterocycles. The molecular formula is C10H14N2O2S2. The molecule has 16 heavy (non-hydrogen) atoms. The lowest BCUT2D eigenvalue weighted by Gasteiger charge is -2.08. The van der Waals surface area contributed by atoms with Crippen molar-refractivity contribution in [3.8, 4) is 0 Å². The fourth-order valence-electron chi connectivity index (χ4n) is 1.24. The first-order chi connectivity index (χ1) is 7.43. The Balaban J connectivity index is 2.79. The lowest BCUT2D eigenvalue weighted by Crippen LogP contribution is -2.28. The Morgan fingerprint density at radius 1 is 1.44 bits per heavy atom. The van der Waals surface area contributed by atoms with E-state index in [4.69, 9.17) is 5.73 Å². The van der Waals surface area contributed by atoms with Gasteiger partial charge in [0, 0.05) is 13.0 Å². The van der Waals surface area contributed by atoms with Gasteiger partial charge in [-0.1, -0.05) is 30.4 Å². The van der Waals surface area contributed by atoms with Gasteiger partial charge in [0.25, 0.3) is 0 Å². The van der Waals surface area contributed by atoms with Crippen molar-refractivity contribution >= 4 is 27.2 Å². The number of hydrogen-bond donors (Lipinski definition) is 2. The standard InChI is InChI=1S/C10H14N2O2S2/c1-8-4-2-3-5-9(8)16(13,14)12-7-6-10(11)15/h2-5,12H,6-7H2,1H3,(H2,11,15). The molecule has 1 aromatic rings. The van der Waals surface area contributed by atoms with Crippen molar-refractivity contribution in [2.75, 3.05) is 6.54 Å². The van der Waals surface area contributed by atoms with Crippen molar-refractivity contribution < 1.29 is 8.42 Å². The topological polar surface area (TPSA) is 72.2 Å². The van der Waals surface area contributed by atoms with Crippen molar-refractivity contribution in [1.82, 2.24) is 4.72 Å². The van der Waals surface area contributed by atoms with E-state index in [2.05, 4.69) is 16.9 Å². The predicted octanol–water partition coefficient (Wildman–Crippen LogP) is 0.950. The molecule has 4 nitrogen and oxygen atoms in total. The molecule has 0 spiro atoms. The Labute approximate surface area is 101 Å². The number of nitrogens with two attached hydrogens (primary N) is 1. The SMILES string of the molecule is Cc1ccccc1S(=O)(=O)NCCC(N)=S. The lowest BCUT2D eigenvalue weighted by molar-refractivity contribution is 0.582. The Hall–Kier alpha value is -0.980. The normalized spacial score (nSPS) is 11.3. The second kappa shape index (κ2) is 5.38. The summed E-state index contributed by atoms with van der Waals surface area (Å²) in [7, 11) is -3.45. The summed E-state index contributed by atoms with van der Waals surface area (Å²) in [5.74, 6) is 0. The third-order valence-electron chi connectivity index (χ3n) is 2.05. The maximum Gasteiger partial charge on any atom is 0.240 e. The fourth-order valence-corrected chi connectivity index (χ4v) is 2.62. The zero-order valence-corrected chi connectivity index (χ0v) is 10.6. The third kappa shape index (κ3) is 3.55. The van der Waals surface area contributed by atoms with Gasteiger partial charge in [0.1, 0.15) is 0 Å². The molecule has 0 aliphatic carbocycles. The van der Waals surface area contributed by atoms with Gasteiger partial charge >= 0.3 is 0 Å². The number of sulfonamides is 1. The van der Waals surface area contributed by atoms with Crippen molar-refractivity contribution in [3.63, 3.8) is 0 Å². The van der Waals surface area contributed by atoms with Gasteiger partial charge in [0.2, 0.25) is 10.0 Å². The van der Waals surface area contributed by atoms with Crippen molar-refractivity contribution in [3.05, 3.63) is 29.8 Å². The van der Waals surface area contributed by atoms with Gasteiger partial charge in [0.15, 0.2) is 0 Å². The van der Waals surface area contributed by atoms with E-state index in [0.29, 0.717) is 17.0 Å². The molecule has 0 amide bonds. The van der Waals surface area contributed by atoms with E-state index in [1.54, 1.807) is 31.2 Å². The maximum absolute atomic E-state index is 11.8. The summed E-state index contributed by atoms with van der Waals surface area (Å²) in [4.78, 5) is 0.588. The summed E-state index contributed by atoms with van der Waals surface area (Å²) < 4.78 is 26.1. The number of rotatable bonds is 5. The van der Waals surface area contributed by atoms with Gasteiger partial charge in [0.05, 0.1) is 9.88 Å². The minimum atomic E-state index is -3.45. The highest BCUT2D eigenvalue weighted by molar-refractivity contribution is 7.89. The van der Waals surface area contributed by atoms with Crippen LogP contribution in [0.4, 0.5) is 0 Å². The summed E-state index contributed by atoms with van der Waals surface area (Å²) in [6.07, 6.45) is 0.362.